The Morgan fingerprint density at radius 3 is 2.53 bits per heavy atom. The average Bonchev–Trinajstić information content (AvgIpc) is 3.20. The second kappa shape index (κ2) is 10.7. The van der Waals surface area contributed by atoms with Gasteiger partial charge in [-0.15, -0.1) is 0 Å². The van der Waals surface area contributed by atoms with E-state index in [2.05, 4.69) is 17.9 Å². The molecule has 0 spiro atoms. The minimum absolute atomic E-state index is 0.0939. The lowest BCUT2D eigenvalue weighted by molar-refractivity contribution is 0.164. The van der Waals surface area contributed by atoms with Crippen LogP contribution in [0.25, 0.3) is 0 Å². The number of rotatable bonds is 8. The Bertz CT molecular complexity index is 1370. The van der Waals surface area contributed by atoms with E-state index in [1.54, 1.807) is 18.2 Å². The van der Waals surface area contributed by atoms with Gasteiger partial charge >= 0.3 is 0 Å². The third kappa shape index (κ3) is 6.41. The van der Waals surface area contributed by atoms with Gasteiger partial charge in [-0.2, -0.15) is 5.26 Å². The van der Waals surface area contributed by atoms with Crippen LogP contribution in [-0.2, 0) is 32.5 Å². The number of sulfone groups is 2. The van der Waals surface area contributed by atoms with Crippen molar-refractivity contribution >= 4 is 31.3 Å². The Kier molecular flexibility index (Phi) is 8.01. The Hall–Kier alpha value is -2.12. The Labute approximate surface area is 218 Å². The molecule has 0 saturated carbocycles. The summed E-state index contributed by atoms with van der Waals surface area (Å²) in [5.74, 6) is 0.114. The molecule has 0 amide bonds. The molecular formula is C26H31ClN2O5S2. The molecule has 1 aliphatic heterocycles. The number of nitriles is 1. The highest BCUT2D eigenvalue weighted by Crippen LogP contribution is 2.34. The minimum atomic E-state index is -3.66. The highest BCUT2D eigenvalue weighted by molar-refractivity contribution is 7.94. The molecule has 1 fully saturated rings. The van der Waals surface area contributed by atoms with Crippen molar-refractivity contribution in [1.29, 1.82) is 5.26 Å². The molecule has 4 rings (SSSR count). The van der Waals surface area contributed by atoms with Gasteiger partial charge in [0, 0.05) is 35.8 Å². The summed E-state index contributed by atoms with van der Waals surface area (Å²) in [6.45, 7) is 3.70. The molecule has 2 aromatic rings. The lowest BCUT2D eigenvalue weighted by Crippen LogP contribution is -2.41. The molecule has 7 nitrogen and oxygen atoms in total. The van der Waals surface area contributed by atoms with Crippen molar-refractivity contribution in [3.05, 3.63) is 58.1 Å². The molecule has 2 aliphatic rings. The first-order valence-electron chi connectivity index (χ1n) is 12.1. The van der Waals surface area contributed by atoms with E-state index >= 15 is 0 Å². The minimum Gasteiger partial charge on any atom is -0.493 e. The fourth-order valence-corrected chi connectivity index (χ4v) is 8.47. The van der Waals surface area contributed by atoms with Crippen molar-refractivity contribution in [2.45, 2.75) is 49.6 Å². The number of ether oxygens (including phenoxy) is 1. The fraction of sp³-hybridized carbons (Fsp3) is 0.500. The van der Waals surface area contributed by atoms with Crippen LogP contribution in [0.3, 0.4) is 0 Å². The predicted octanol–water partition coefficient (Wildman–Crippen LogP) is 3.68. The first kappa shape index (κ1) is 26.9. The van der Waals surface area contributed by atoms with Crippen LogP contribution < -0.4 is 4.74 Å². The number of halogens is 1. The number of nitrogens with zero attached hydrogens (tertiary/aromatic N) is 2. The van der Waals surface area contributed by atoms with Gasteiger partial charge in [0.2, 0.25) is 0 Å². The van der Waals surface area contributed by atoms with Gasteiger partial charge in [0.15, 0.2) is 9.84 Å². The van der Waals surface area contributed by atoms with E-state index < -0.39 is 31.2 Å². The maximum absolute atomic E-state index is 12.4. The van der Waals surface area contributed by atoms with E-state index in [0.717, 1.165) is 44.0 Å². The monoisotopic (exact) mass is 550 g/mol. The van der Waals surface area contributed by atoms with Crippen molar-refractivity contribution in [3.63, 3.8) is 0 Å². The molecule has 1 aliphatic carbocycles. The molecule has 0 radical (unpaired) electrons. The average molecular weight is 551 g/mol. The second-order valence-corrected chi connectivity index (χ2v) is 14.8. The molecule has 0 aromatic heterocycles. The first-order valence-corrected chi connectivity index (χ1v) is 16.1. The summed E-state index contributed by atoms with van der Waals surface area (Å²) in [5, 5.41) is 10.1. The molecule has 1 heterocycles. The molecule has 36 heavy (non-hydrogen) atoms. The van der Waals surface area contributed by atoms with Gasteiger partial charge in [-0.25, -0.2) is 16.8 Å². The van der Waals surface area contributed by atoms with Gasteiger partial charge in [0.1, 0.15) is 15.6 Å². The van der Waals surface area contributed by atoms with Crippen LogP contribution in [0.4, 0.5) is 0 Å². The summed E-state index contributed by atoms with van der Waals surface area (Å²) in [4.78, 5) is 2.64. The van der Waals surface area contributed by atoms with Crippen LogP contribution in [0.2, 0.25) is 5.02 Å². The summed E-state index contributed by atoms with van der Waals surface area (Å²) in [6.07, 6.45) is 4.82. The maximum Gasteiger partial charge on any atom is 0.179 e. The van der Waals surface area contributed by atoms with Gasteiger partial charge in [0.05, 0.1) is 34.6 Å². The SMILES string of the molecule is C[C@@H]1C[C@H](COc2ccc(S(=O)(=O)CCS(C)(=O)=O)cc2)CN1C1CCc2c(C#N)cc(Cl)cc2C1. The van der Waals surface area contributed by atoms with E-state index in [0.29, 0.717) is 40.9 Å². The second-order valence-electron chi connectivity index (χ2n) is 9.98. The van der Waals surface area contributed by atoms with Gasteiger partial charge < -0.3 is 4.74 Å². The quantitative estimate of drug-likeness (QED) is 0.493. The van der Waals surface area contributed by atoms with Gasteiger partial charge in [-0.3, -0.25) is 4.90 Å². The summed E-state index contributed by atoms with van der Waals surface area (Å²) in [7, 11) is -7.02. The summed E-state index contributed by atoms with van der Waals surface area (Å²) < 4.78 is 53.4. The van der Waals surface area contributed by atoms with Crippen molar-refractivity contribution in [2.75, 3.05) is 30.9 Å². The maximum atomic E-state index is 12.4. The van der Waals surface area contributed by atoms with Crippen LogP contribution in [0.15, 0.2) is 41.3 Å². The molecule has 0 bridgehead atoms. The normalized spacial score (nSPS) is 22.7. The van der Waals surface area contributed by atoms with Gasteiger partial charge in [0.25, 0.3) is 0 Å². The van der Waals surface area contributed by atoms with E-state index in [1.807, 2.05) is 6.07 Å². The molecule has 3 atom stereocenters. The van der Waals surface area contributed by atoms with Crippen LogP contribution in [0.1, 0.15) is 36.5 Å². The smallest absolute Gasteiger partial charge is 0.179 e. The standard InChI is InChI=1S/C26H31ClN2O5S2/c1-18-11-19(16-29(18)23-3-8-26-20(14-23)12-22(27)13-21(26)15-28)17-34-24-4-6-25(7-5-24)36(32,33)10-9-35(2,30)31/h4-7,12-13,18-19,23H,3,8-11,14,16-17H2,1-2H3/t18-,19+,23?/m1/s1. The molecule has 0 N–H and O–H groups in total. The summed E-state index contributed by atoms with van der Waals surface area (Å²) in [5.41, 5.74) is 2.99. The molecule has 1 saturated heterocycles. The summed E-state index contributed by atoms with van der Waals surface area (Å²) in [6, 6.07) is 13.0. The zero-order valence-corrected chi connectivity index (χ0v) is 22.9. The highest BCUT2D eigenvalue weighted by atomic mass is 35.5. The third-order valence-electron chi connectivity index (χ3n) is 7.18. The number of likely N-dealkylation sites (tertiary alicyclic amines) is 1. The Morgan fingerprint density at radius 2 is 1.86 bits per heavy atom. The van der Waals surface area contributed by atoms with Gasteiger partial charge in [-0.05, 0) is 80.1 Å². The van der Waals surface area contributed by atoms with Crippen molar-refractivity contribution in [2.24, 2.45) is 5.92 Å². The van der Waals surface area contributed by atoms with E-state index in [-0.39, 0.29) is 4.90 Å². The predicted molar refractivity (Wildman–Crippen MR) is 140 cm³/mol. The Balaban J connectivity index is 1.33. The number of fused-ring (bicyclic) bond motifs is 1. The van der Waals surface area contributed by atoms with Crippen LogP contribution in [-0.4, -0.2) is 64.7 Å². The number of hydrogen-bond donors (Lipinski definition) is 0. The summed E-state index contributed by atoms with van der Waals surface area (Å²) >= 11 is 6.25. The van der Waals surface area contributed by atoms with E-state index in [4.69, 9.17) is 16.3 Å². The zero-order valence-electron chi connectivity index (χ0n) is 20.5. The topological polar surface area (TPSA) is 105 Å². The number of hydrogen-bond acceptors (Lipinski definition) is 7. The lowest BCUT2D eigenvalue weighted by Gasteiger charge is -2.35. The molecule has 2 aromatic carbocycles. The molecule has 194 valence electrons. The lowest BCUT2D eigenvalue weighted by atomic mass is 9.85. The highest BCUT2D eigenvalue weighted by Gasteiger charge is 2.36. The molecule has 10 heteroatoms. The van der Waals surface area contributed by atoms with Crippen molar-refractivity contribution < 1.29 is 21.6 Å². The molecule has 1 unspecified atom stereocenters. The van der Waals surface area contributed by atoms with Crippen LogP contribution in [0.5, 0.6) is 5.75 Å². The van der Waals surface area contributed by atoms with Crippen LogP contribution >= 0.6 is 11.6 Å². The fourth-order valence-electron chi connectivity index (χ4n) is 5.36. The first-order chi connectivity index (χ1) is 16.9. The van der Waals surface area contributed by atoms with Crippen molar-refractivity contribution in [1.82, 2.24) is 4.90 Å². The van der Waals surface area contributed by atoms with E-state index in [1.165, 1.54) is 17.7 Å². The van der Waals surface area contributed by atoms with Crippen LogP contribution in [0, 0.1) is 17.2 Å². The van der Waals surface area contributed by atoms with Gasteiger partial charge in [-0.1, -0.05) is 11.6 Å². The van der Waals surface area contributed by atoms with Crippen molar-refractivity contribution in [3.8, 4) is 11.8 Å². The largest absolute Gasteiger partial charge is 0.493 e. The Morgan fingerprint density at radius 1 is 1.14 bits per heavy atom. The number of benzene rings is 2. The zero-order chi connectivity index (χ0) is 26.1. The molecular weight excluding hydrogens is 520 g/mol. The third-order valence-corrected chi connectivity index (χ3v) is 10.3. The van der Waals surface area contributed by atoms with E-state index in [9.17, 15) is 22.1 Å².